The summed E-state index contributed by atoms with van der Waals surface area (Å²) < 4.78 is 5.57. The Hall–Kier alpha value is -2.02. The molecule has 0 aromatic rings. The molecule has 0 aromatic carbocycles. The summed E-state index contributed by atoms with van der Waals surface area (Å²) in [5.41, 5.74) is 0. The molecular formula is C17H24O. The van der Waals surface area contributed by atoms with E-state index >= 15 is 0 Å². The Labute approximate surface area is 112 Å². The quantitative estimate of drug-likeness (QED) is 0.425. The largest absolute Gasteiger partial charge is 0.457 e. The molecule has 0 bridgehead atoms. The molecule has 18 heavy (non-hydrogen) atoms. The molecule has 0 saturated heterocycles. The number of rotatable bonds is 7. The smallest absolute Gasteiger partial charge is 0.127 e. The van der Waals surface area contributed by atoms with Crippen LogP contribution < -0.4 is 0 Å². The van der Waals surface area contributed by atoms with E-state index in [9.17, 15) is 0 Å². The molecule has 0 aliphatic rings. The first-order valence-corrected chi connectivity index (χ1v) is 6.03. The lowest BCUT2D eigenvalue weighted by molar-refractivity contribution is 0.336. The second-order valence-corrected chi connectivity index (χ2v) is 2.80. The summed E-state index contributed by atoms with van der Waals surface area (Å²) in [4.78, 5) is 0. The van der Waals surface area contributed by atoms with Crippen LogP contribution in [0, 0.1) is 0 Å². The van der Waals surface area contributed by atoms with E-state index in [2.05, 4.69) is 19.7 Å². The first kappa shape index (κ1) is 18.3. The van der Waals surface area contributed by atoms with Crippen LogP contribution in [0.4, 0.5) is 0 Å². The van der Waals surface area contributed by atoms with Crippen LogP contribution in [-0.4, -0.2) is 0 Å². The van der Waals surface area contributed by atoms with Gasteiger partial charge in [0.2, 0.25) is 0 Å². The maximum Gasteiger partial charge on any atom is 0.127 e. The zero-order chi connectivity index (χ0) is 14.2. The maximum atomic E-state index is 5.57. The highest BCUT2D eigenvalue weighted by Gasteiger charge is 1.94. The van der Waals surface area contributed by atoms with Crippen LogP contribution in [0.15, 0.2) is 85.9 Å². The summed E-state index contributed by atoms with van der Waals surface area (Å²) in [5.74, 6) is 1.34. The van der Waals surface area contributed by atoms with E-state index in [1.165, 1.54) is 0 Å². The molecule has 0 spiro atoms. The fraction of sp³-hybridized carbons (Fsp3) is 0.176. The SMILES string of the molecule is C=C/C=C(\C=C)OC(/C=C\C=C/C)=C/C=C.CC. The van der Waals surface area contributed by atoms with Gasteiger partial charge in [0.25, 0.3) is 0 Å². The van der Waals surface area contributed by atoms with E-state index in [0.717, 1.165) is 0 Å². The highest BCUT2D eigenvalue weighted by molar-refractivity contribution is 5.25. The summed E-state index contributed by atoms with van der Waals surface area (Å²) in [6.45, 7) is 16.8. The third kappa shape index (κ3) is 10.5. The fourth-order valence-electron chi connectivity index (χ4n) is 0.897. The van der Waals surface area contributed by atoms with Crippen molar-refractivity contribution in [1.29, 1.82) is 0 Å². The monoisotopic (exact) mass is 244 g/mol. The first-order valence-electron chi connectivity index (χ1n) is 6.03. The summed E-state index contributed by atoms with van der Waals surface area (Å²) in [6.07, 6.45) is 16.1. The van der Waals surface area contributed by atoms with Gasteiger partial charge in [-0.05, 0) is 31.2 Å². The molecule has 0 aliphatic carbocycles. The van der Waals surface area contributed by atoms with Crippen molar-refractivity contribution in [2.24, 2.45) is 0 Å². The molecule has 0 saturated carbocycles. The van der Waals surface area contributed by atoms with Gasteiger partial charge in [0, 0.05) is 0 Å². The van der Waals surface area contributed by atoms with Crippen LogP contribution in [0.3, 0.4) is 0 Å². The van der Waals surface area contributed by atoms with Crippen molar-refractivity contribution in [3.05, 3.63) is 85.9 Å². The normalized spacial score (nSPS) is 11.9. The van der Waals surface area contributed by atoms with Crippen LogP contribution >= 0.6 is 0 Å². The van der Waals surface area contributed by atoms with Crippen molar-refractivity contribution in [2.45, 2.75) is 20.8 Å². The highest BCUT2D eigenvalue weighted by Crippen LogP contribution is 2.09. The molecule has 0 atom stereocenters. The molecule has 0 radical (unpaired) electrons. The van der Waals surface area contributed by atoms with Crippen molar-refractivity contribution in [3.8, 4) is 0 Å². The van der Waals surface area contributed by atoms with Gasteiger partial charge in [-0.15, -0.1) is 0 Å². The minimum atomic E-state index is 0.647. The van der Waals surface area contributed by atoms with Crippen molar-refractivity contribution in [2.75, 3.05) is 0 Å². The molecule has 0 aromatic heterocycles. The van der Waals surface area contributed by atoms with E-state index in [-0.39, 0.29) is 0 Å². The van der Waals surface area contributed by atoms with E-state index < -0.39 is 0 Å². The lowest BCUT2D eigenvalue weighted by Gasteiger charge is -2.05. The average Bonchev–Trinajstić information content (AvgIpc) is 2.41. The van der Waals surface area contributed by atoms with Gasteiger partial charge >= 0.3 is 0 Å². The predicted molar refractivity (Wildman–Crippen MR) is 83.1 cm³/mol. The lowest BCUT2D eigenvalue weighted by Crippen LogP contribution is -1.87. The van der Waals surface area contributed by atoms with Crippen LogP contribution in [0.5, 0.6) is 0 Å². The Kier molecular flexibility index (Phi) is 15.3. The van der Waals surface area contributed by atoms with Gasteiger partial charge in [-0.1, -0.05) is 64.0 Å². The van der Waals surface area contributed by atoms with Gasteiger partial charge in [-0.25, -0.2) is 0 Å². The van der Waals surface area contributed by atoms with Gasteiger partial charge in [-0.2, -0.15) is 0 Å². The molecule has 0 aliphatic heterocycles. The van der Waals surface area contributed by atoms with Crippen molar-refractivity contribution < 1.29 is 4.74 Å². The van der Waals surface area contributed by atoms with Crippen molar-refractivity contribution in [1.82, 2.24) is 0 Å². The highest BCUT2D eigenvalue weighted by atomic mass is 16.5. The van der Waals surface area contributed by atoms with Crippen LogP contribution in [0.25, 0.3) is 0 Å². The van der Waals surface area contributed by atoms with Crippen molar-refractivity contribution in [3.63, 3.8) is 0 Å². The van der Waals surface area contributed by atoms with Gasteiger partial charge in [-0.3, -0.25) is 0 Å². The fourth-order valence-corrected chi connectivity index (χ4v) is 0.897. The summed E-state index contributed by atoms with van der Waals surface area (Å²) >= 11 is 0. The third-order valence-electron chi connectivity index (χ3n) is 1.57. The van der Waals surface area contributed by atoms with E-state index in [1.54, 1.807) is 30.4 Å². The molecule has 1 heteroatoms. The Morgan fingerprint density at radius 1 is 0.889 bits per heavy atom. The minimum Gasteiger partial charge on any atom is -0.457 e. The Morgan fingerprint density at radius 3 is 1.89 bits per heavy atom. The number of allylic oxidation sites excluding steroid dienone is 9. The van der Waals surface area contributed by atoms with Gasteiger partial charge < -0.3 is 4.74 Å². The lowest BCUT2D eigenvalue weighted by atomic mass is 10.3. The first-order chi connectivity index (χ1) is 8.78. The number of hydrogen-bond acceptors (Lipinski definition) is 1. The Morgan fingerprint density at radius 2 is 1.44 bits per heavy atom. The van der Waals surface area contributed by atoms with E-state index in [1.807, 2.05) is 45.1 Å². The zero-order valence-corrected chi connectivity index (χ0v) is 11.7. The number of hydrogen-bond donors (Lipinski definition) is 0. The molecule has 0 fully saturated rings. The second-order valence-electron chi connectivity index (χ2n) is 2.80. The van der Waals surface area contributed by atoms with Crippen LogP contribution in [0.2, 0.25) is 0 Å². The standard InChI is InChI=1S/C15H18O.C2H6/c1-5-9-10-13-15(12-7-3)16-14(8-4)11-6-2;1-2/h5-13H,2-4H2,1H3;1-2H3/b9-5-,13-10-,14-11+,15-12+;. The average molecular weight is 244 g/mol. The molecule has 0 N–H and O–H groups in total. The molecule has 0 unspecified atom stereocenters. The molecule has 1 nitrogen and oxygen atoms in total. The molecule has 0 amide bonds. The van der Waals surface area contributed by atoms with Crippen molar-refractivity contribution >= 4 is 0 Å². The van der Waals surface area contributed by atoms with Crippen LogP contribution in [0.1, 0.15) is 20.8 Å². The summed E-state index contributed by atoms with van der Waals surface area (Å²) in [5, 5.41) is 0. The van der Waals surface area contributed by atoms with Gasteiger partial charge in [0.15, 0.2) is 0 Å². The third-order valence-corrected chi connectivity index (χ3v) is 1.57. The van der Waals surface area contributed by atoms with Crippen LogP contribution in [-0.2, 0) is 4.74 Å². The van der Waals surface area contributed by atoms with E-state index in [0.29, 0.717) is 11.5 Å². The van der Waals surface area contributed by atoms with Gasteiger partial charge in [0.1, 0.15) is 11.5 Å². The zero-order valence-electron chi connectivity index (χ0n) is 11.7. The predicted octanol–water partition coefficient (Wildman–Crippen LogP) is 5.49. The molecule has 98 valence electrons. The Bertz CT molecular complexity index is 352. The van der Waals surface area contributed by atoms with Gasteiger partial charge in [0.05, 0.1) is 0 Å². The summed E-state index contributed by atoms with van der Waals surface area (Å²) in [6, 6.07) is 0. The maximum absolute atomic E-state index is 5.57. The Balaban J connectivity index is 0. The molecular weight excluding hydrogens is 220 g/mol. The minimum absolute atomic E-state index is 0.647. The molecule has 0 rings (SSSR count). The summed E-state index contributed by atoms with van der Waals surface area (Å²) in [7, 11) is 0. The number of ether oxygens (including phenoxy) is 1. The topological polar surface area (TPSA) is 9.23 Å². The second kappa shape index (κ2) is 15.0. The van der Waals surface area contributed by atoms with E-state index in [4.69, 9.17) is 4.74 Å². The molecule has 0 heterocycles.